The molecule has 2 saturated heterocycles. The zero-order chi connectivity index (χ0) is 25.2. The largest absolute Gasteiger partial charge is 0.493 e. The van der Waals surface area contributed by atoms with Gasteiger partial charge in [0.25, 0.3) is 0 Å². The van der Waals surface area contributed by atoms with Crippen LogP contribution in [0.25, 0.3) is 11.3 Å². The van der Waals surface area contributed by atoms with E-state index in [2.05, 4.69) is 51.5 Å². The molecule has 2 aromatic carbocycles. The van der Waals surface area contributed by atoms with Gasteiger partial charge in [0.05, 0.1) is 28.7 Å². The SMILES string of the molecule is CCOc1ccccc1-c1ccc2c(n1)CN(C[C@H]1CCCN1)CC21CCN(c2ccccc2Cl)CC1. The average Bonchev–Trinajstić information content (AvgIpc) is 3.43. The molecule has 3 aliphatic heterocycles. The fourth-order valence-corrected chi connectivity index (χ4v) is 6.92. The van der Waals surface area contributed by atoms with E-state index in [1.54, 1.807) is 0 Å². The van der Waals surface area contributed by atoms with Crippen molar-refractivity contribution in [1.29, 1.82) is 0 Å². The molecule has 0 aliphatic carbocycles. The molecule has 0 radical (unpaired) electrons. The van der Waals surface area contributed by atoms with E-state index in [0.717, 1.165) is 79.8 Å². The highest BCUT2D eigenvalue weighted by atomic mass is 35.5. The second-order valence-electron chi connectivity index (χ2n) is 10.8. The molecular formula is C31H37ClN4O. The third-order valence-electron chi connectivity index (χ3n) is 8.46. The van der Waals surface area contributed by atoms with Gasteiger partial charge in [0, 0.05) is 49.7 Å². The number of aromatic nitrogens is 1. The van der Waals surface area contributed by atoms with Crippen molar-refractivity contribution in [1.82, 2.24) is 15.2 Å². The number of ether oxygens (including phenoxy) is 1. The number of para-hydroxylation sites is 2. The fourth-order valence-electron chi connectivity index (χ4n) is 6.66. The van der Waals surface area contributed by atoms with E-state index in [0.29, 0.717) is 12.6 Å². The molecule has 2 fully saturated rings. The summed E-state index contributed by atoms with van der Waals surface area (Å²) < 4.78 is 5.94. The Hall–Kier alpha value is -2.60. The molecule has 194 valence electrons. The van der Waals surface area contributed by atoms with E-state index < -0.39 is 0 Å². The monoisotopic (exact) mass is 516 g/mol. The molecule has 0 unspecified atom stereocenters. The minimum atomic E-state index is 0.120. The molecular weight excluding hydrogens is 480 g/mol. The van der Waals surface area contributed by atoms with Gasteiger partial charge in [-0.1, -0.05) is 41.9 Å². The molecule has 5 nitrogen and oxygen atoms in total. The van der Waals surface area contributed by atoms with Gasteiger partial charge in [-0.3, -0.25) is 9.88 Å². The lowest BCUT2D eigenvalue weighted by atomic mass is 9.69. The topological polar surface area (TPSA) is 40.6 Å². The zero-order valence-electron chi connectivity index (χ0n) is 21.8. The first kappa shape index (κ1) is 24.7. The first-order valence-corrected chi connectivity index (χ1v) is 14.2. The molecule has 6 rings (SSSR count). The van der Waals surface area contributed by atoms with Gasteiger partial charge in [0.15, 0.2) is 0 Å². The van der Waals surface area contributed by atoms with Crippen LogP contribution in [0.2, 0.25) is 5.02 Å². The lowest BCUT2D eigenvalue weighted by Crippen LogP contribution is -2.54. The minimum absolute atomic E-state index is 0.120. The number of halogens is 1. The molecule has 6 heteroatoms. The molecule has 37 heavy (non-hydrogen) atoms. The lowest BCUT2D eigenvalue weighted by Gasteiger charge is -2.49. The first-order valence-electron chi connectivity index (χ1n) is 13.8. The van der Waals surface area contributed by atoms with Gasteiger partial charge in [0.1, 0.15) is 5.75 Å². The van der Waals surface area contributed by atoms with E-state index in [1.807, 2.05) is 31.2 Å². The van der Waals surface area contributed by atoms with Crippen LogP contribution >= 0.6 is 11.6 Å². The Morgan fingerprint density at radius 1 is 1.05 bits per heavy atom. The van der Waals surface area contributed by atoms with Crippen molar-refractivity contribution in [3.05, 3.63) is 76.9 Å². The summed E-state index contributed by atoms with van der Waals surface area (Å²) in [6, 6.07) is 21.7. The van der Waals surface area contributed by atoms with Crippen LogP contribution in [0.5, 0.6) is 5.75 Å². The van der Waals surface area contributed by atoms with Crippen molar-refractivity contribution in [2.75, 3.05) is 44.2 Å². The maximum atomic E-state index is 6.57. The molecule has 4 heterocycles. The number of fused-ring (bicyclic) bond motifs is 2. The Bertz CT molecular complexity index is 1230. The predicted molar refractivity (Wildman–Crippen MR) is 152 cm³/mol. The van der Waals surface area contributed by atoms with E-state index >= 15 is 0 Å². The van der Waals surface area contributed by atoms with Crippen LogP contribution in [0.15, 0.2) is 60.7 Å². The second-order valence-corrected chi connectivity index (χ2v) is 11.2. The number of anilines is 1. The number of hydrogen-bond acceptors (Lipinski definition) is 5. The van der Waals surface area contributed by atoms with E-state index in [1.165, 1.54) is 24.1 Å². The number of hydrogen-bond donors (Lipinski definition) is 1. The van der Waals surface area contributed by atoms with Crippen molar-refractivity contribution < 1.29 is 4.74 Å². The predicted octanol–water partition coefficient (Wildman–Crippen LogP) is 5.91. The standard InChI is InChI=1S/C31H37ClN4O/c1-2-37-30-12-6-3-9-24(30)27-14-13-25-28(34-27)21-35(20-23-8-7-17-33-23)22-31(25)15-18-36(19-16-31)29-11-5-4-10-26(29)32/h3-6,9-14,23,33H,2,7-8,15-22H2,1H3/t23-/m1/s1. The number of rotatable bonds is 6. The highest BCUT2D eigenvalue weighted by Gasteiger charge is 2.43. The number of pyridine rings is 1. The fraction of sp³-hybridized carbons (Fsp3) is 0.452. The third kappa shape index (κ3) is 4.97. The minimum Gasteiger partial charge on any atom is -0.493 e. The molecule has 3 aromatic rings. The molecule has 0 amide bonds. The second kappa shape index (κ2) is 10.6. The van der Waals surface area contributed by atoms with Crippen LogP contribution in [0.4, 0.5) is 5.69 Å². The smallest absolute Gasteiger partial charge is 0.128 e. The van der Waals surface area contributed by atoms with Crippen molar-refractivity contribution in [3.8, 4) is 17.0 Å². The van der Waals surface area contributed by atoms with E-state index in [9.17, 15) is 0 Å². The van der Waals surface area contributed by atoms with Gasteiger partial charge < -0.3 is 15.0 Å². The van der Waals surface area contributed by atoms with E-state index in [-0.39, 0.29) is 5.41 Å². The Balaban J connectivity index is 1.32. The van der Waals surface area contributed by atoms with Gasteiger partial charge in [-0.05, 0) is 75.0 Å². The molecule has 1 spiro atoms. The lowest BCUT2D eigenvalue weighted by molar-refractivity contribution is 0.140. The Kier molecular flexibility index (Phi) is 7.11. The van der Waals surface area contributed by atoms with Gasteiger partial charge in [0.2, 0.25) is 0 Å². The maximum absolute atomic E-state index is 6.57. The molecule has 1 atom stereocenters. The number of nitrogens with one attached hydrogen (secondary N) is 1. The molecule has 0 saturated carbocycles. The summed E-state index contributed by atoms with van der Waals surface area (Å²) >= 11 is 6.57. The summed E-state index contributed by atoms with van der Waals surface area (Å²) in [5.74, 6) is 0.906. The van der Waals surface area contributed by atoms with Crippen molar-refractivity contribution in [2.45, 2.75) is 50.6 Å². The van der Waals surface area contributed by atoms with Crippen molar-refractivity contribution in [2.24, 2.45) is 0 Å². The third-order valence-corrected chi connectivity index (χ3v) is 8.78. The normalized spacial score (nSPS) is 21.2. The van der Waals surface area contributed by atoms with Gasteiger partial charge in [-0.2, -0.15) is 0 Å². The van der Waals surface area contributed by atoms with Crippen LogP contribution in [0.3, 0.4) is 0 Å². The molecule has 1 N–H and O–H groups in total. The summed E-state index contributed by atoms with van der Waals surface area (Å²) in [5, 5.41) is 4.55. The highest BCUT2D eigenvalue weighted by molar-refractivity contribution is 6.33. The van der Waals surface area contributed by atoms with Crippen molar-refractivity contribution in [3.63, 3.8) is 0 Å². The Morgan fingerprint density at radius 2 is 1.86 bits per heavy atom. The van der Waals surface area contributed by atoms with Gasteiger partial charge in [-0.25, -0.2) is 0 Å². The Labute approximate surface area is 225 Å². The number of benzene rings is 2. The molecule has 3 aliphatic rings. The summed E-state index contributed by atoms with van der Waals surface area (Å²) in [5.41, 5.74) is 6.04. The van der Waals surface area contributed by atoms with Crippen LogP contribution in [0.1, 0.15) is 43.9 Å². The summed E-state index contributed by atoms with van der Waals surface area (Å²) in [6.07, 6.45) is 4.77. The number of nitrogens with zero attached hydrogens (tertiary/aromatic N) is 3. The summed E-state index contributed by atoms with van der Waals surface area (Å²) in [4.78, 5) is 10.4. The maximum Gasteiger partial charge on any atom is 0.128 e. The highest BCUT2D eigenvalue weighted by Crippen LogP contribution is 2.44. The Morgan fingerprint density at radius 3 is 2.65 bits per heavy atom. The van der Waals surface area contributed by atoms with Crippen LogP contribution < -0.4 is 15.0 Å². The van der Waals surface area contributed by atoms with Crippen molar-refractivity contribution >= 4 is 17.3 Å². The zero-order valence-corrected chi connectivity index (χ0v) is 22.5. The summed E-state index contributed by atoms with van der Waals surface area (Å²) in [6.45, 7) is 8.95. The van der Waals surface area contributed by atoms with Crippen LogP contribution in [-0.4, -0.2) is 55.3 Å². The molecule has 0 bridgehead atoms. The summed E-state index contributed by atoms with van der Waals surface area (Å²) in [7, 11) is 0. The van der Waals surface area contributed by atoms with E-state index in [4.69, 9.17) is 21.3 Å². The average molecular weight is 517 g/mol. The van der Waals surface area contributed by atoms with Crippen LogP contribution in [-0.2, 0) is 12.0 Å². The first-order chi connectivity index (χ1) is 18.1. The number of piperidine rings is 1. The van der Waals surface area contributed by atoms with Crippen LogP contribution in [0, 0.1) is 0 Å². The van der Waals surface area contributed by atoms with Gasteiger partial charge in [-0.15, -0.1) is 0 Å². The molecule has 1 aromatic heterocycles. The quantitative estimate of drug-likeness (QED) is 0.441. The van der Waals surface area contributed by atoms with Gasteiger partial charge >= 0.3 is 0 Å².